The van der Waals surface area contributed by atoms with Gasteiger partial charge in [-0.2, -0.15) is 8.78 Å². The summed E-state index contributed by atoms with van der Waals surface area (Å²) in [6, 6.07) is 8.94. The van der Waals surface area contributed by atoms with Crippen LogP contribution >= 0.6 is 0 Å². The number of guanidine groups is 1. The van der Waals surface area contributed by atoms with Crippen LogP contribution < -0.4 is 24.3 Å². The highest BCUT2D eigenvalue weighted by molar-refractivity contribution is 5.80. The number of benzene rings is 2. The number of alkyl halides is 2. The fraction of sp³-hybridized carbons (Fsp3) is 0.409. The summed E-state index contributed by atoms with van der Waals surface area (Å²) in [6.45, 7) is -1.08. The van der Waals surface area contributed by atoms with Gasteiger partial charge in [-0.15, -0.1) is 0 Å². The van der Waals surface area contributed by atoms with E-state index in [0.29, 0.717) is 24.8 Å². The zero-order valence-corrected chi connectivity index (χ0v) is 18.1. The van der Waals surface area contributed by atoms with Crippen LogP contribution in [0.5, 0.6) is 23.0 Å². The van der Waals surface area contributed by atoms with Gasteiger partial charge < -0.3 is 29.2 Å². The molecule has 9 heteroatoms. The van der Waals surface area contributed by atoms with Crippen molar-refractivity contribution in [1.29, 1.82) is 0 Å². The maximum atomic E-state index is 12.7. The monoisotopic (exact) mass is 435 g/mol. The highest BCUT2D eigenvalue weighted by Gasteiger charge is 2.22. The van der Waals surface area contributed by atoms with E-state index >= 15 is 0 Å². The van der Waals surface area contributed by atoms with E-state index in [1.165, 1.54) is 18.7 Å². The van der Waals surface area contributed by atoms with E-state index < -0.39 is 6.61 Å². The molecule has 168 valence electrons. The smallest absolute Gasteiger partial charge is 0.387 e. The average molecular weight is 435 g/mol. The zero-order chi connectivity index (χ0) is 22.4. The van der Waals surface area contributed by atoms with Gasteiger partial charge in [0.1, 0.15) is 0 Å². The molecule has 0 unspecified atom stereocenters. The maximum absolute atomic E-state index is 12.7. The van der Waals surface area contributed by atoms with Gasteiger partial charge in [0.05, 0.1) is 21.3 Å². The Kier molecular flexibility index (Phi) is 7.38. The minimum Gasteiger partial charge on any atom is -0.493 e. The summed E-state index contributed by atoms with van der Waals surface area (Å²) in [6.07, 6.45) is 0.839. The van der Waals surface area contributed by atoms with Crippen molar-refractivity contribution in [3.8, 4) is 23.0 Å². The molecule has 0 saturated heterocycles. The highest BCUT2D eigenvalue weighted by Crippen LogP contribution is 2.33. The van der Waals surface area contributed by atoms with Gasteiger partial charge in [0, 0.05) is 26.7 Å². The fourth-order valence-corrected chi connectivity index (χ4v) is 3.60. The Balaban J connectivity index is 1.70. The van der Waals surface area contributed by atoms with Crippen LogP contribution in [0.2, 0.25) is 0 Å². The molecular formula is C22H27F2N3O4. The molecule has 7 nitrogen and oxygen atoms in total. The van der Waals surface area contributed by atoms with Gasteiger partial charge in [0.25, 0.3) is 0 Å². The molecule has 0 atom stereocenters. The van der Waals surface area contributed by atoms with Crippen molar-refractivity contribution in [2.75, 3.05) is 34.9 Å². The van der Waals surface area contributed by atoms with E-state index in [2.05, 4.69) is 19.9 Å². The predicted octanol–water partition coefficient (Wildman–Crippen LogP) is 3.45. The van der Waals surface area contributed by atoms with Crippen LogP contribution in [0.25, 0.3) is 0 Å². The summed E-state index contributed by atoms with van der Waals surface area (Å²) in [7, 11) is 6.37. The second-order valence-electron chi connectivity index (χ2n) is 6.91. The average Bonchev–Trinajstić information content (AvgIpc) is 2.78. The standard InChI is InChI=1S/C22H27F2N3O4/c1-25-22(26-12-14-5-6-17(28-2)20(9-14)31-21(23)24)27-8-7-15-10-18(29-3)19(30-4)11-16(15)13-27/h5-6,9-11,21H,7-8,12-13H2,1-4H3,(H,25,26). The number of hydrogen-bond donors (Lipinski definition) is 1. The van der Waals surface area contributed by atoms with Crippen molar-refractivity contribution in [1.82, 2.24) is 10.2 Å². The van der Waals surface area contributed by atoms with E-state index in [4.69, 9.17) is 14.2 Å². The van der Waals surface area contributed by atoms with Crippen molar-refractivity contribution < 1.29 is 27.7 Å². The fourth-order valence-electron chi connectivity index (χ4n) is 3.60. The van der Waals surface area contributed by atoms with E-state index in [9.17, 15) is 8.78 Å². The quantitative estimate of drug-likeness (QED) is 0.531. The minimum atomic E-state index is -2.92. The first kappa shape index (κ1) is 22.5. The lowest BCUT2D eigenvalue weighted by molar-refractivity contribution is -0.0512. The molecule has 0 saturated carbocycles. The van der Waals surface area contributed by atoms with Gasteiger partial charge in [0.15, 0.2) is 29.0 Å². The Labute approximate surface area is 180 Å². The molecule has 0 aromatic heterocycles. The van der Waals surface area contributed by atoms with E-state index in [1.807, 2.05) is 12.1 Å². The Morgan fingerprint density at radius 3 is 2.29 bits per heavy atom. The van der Waals surface area contributed by atoms with Gasteiger partial charge in [-0.05, 0) is 47.4 Å². The summed E-state index contributed by atoms with van der Waals surface area (Å²) < 4.78 is 45.8. The first-order valence-corrected chi connectivity index (χ1v) is 9.80. The molecule has 3 rings (SSSR count). The lowest BCUT2D eigenvalue weighted by atomic mass is 9.99. The molecular weight excluding hydrogens is 408 g/mol. The van der Waals surface area contributed by atoms with Crippen LogP contribution in [0.1, 0.15) is 16.7 Å². The van der Waals surface area contributed by atoms with Crippen LogP contribution in [0.15, 0.2) is 35.3 Å². The summed E-state index contributed by atoms with van der Waals surface area (Å²) in [4.78, 5) is 6.51. The van der Waals surface area contributed by atoms with Gasteiger partial charge in [-0.25, -0.2) is 0 Å². The molecule has 0 amide bonds. The van der Waals surface area contributed by atoms with Crippen LogP contribution in [0.4, 0.5) is 8.78 Å². The molecule has 1 heterocycles. The van der Waals surface area contributed by atoms with Crippen LogP contribution in [0.3, 0.4) is 0 Å². The molecule has 2 aromatic carbocycles. The second-order valence-corrected chi connectivity index (χ2v) is 6.91. The molecule has 1 aliphatic rings. The van der Waals surface area contributed by atoms with Crippen LogP contribution in [-0.4, -0.2) is 52.4 Å². The van der Waals surface area contributed by atoms with Gasteiger partial charge in [-0.1, -0.05) is 6.07 Å². The summed E-state index contributed by atoms with van der Waals surface area (Å²) in [5.74, 6) is 2.38. The van der Waals surface area contributed by atoms with Crippen molar-refractivity contribution in [2.45, 2.75) is 26.1 Å². The predicted molar refractivity (Wildman–Crippen MR) is 113 cm³/mol. The minimum absolute atomic E-state index is 0.000251. The number of rotatable bonds is 7. The number of halogens is 2. The van der Waals surface area contributed by atoms with Crippen molar-refractivity contribution in [2.24, 2.45) is 4.99 Å². The molecule has 0 fully saturated rings. The Morgan fingerprint density at radius 2 is 1.68 bits per heavy atom. The normalized spacial score (nSPS) is 13.6. The highest BCUT2D eigenvalue weighted by atomic mass is 19.3. The first-order chi connectivity index (χ1) is 15.0. The SMILES string of the molecule is CN=C(NCc1ccc(OC)c(OC(F)F)c1)N1CCc2cc(OC)c(OC)cc2C1. The number of nitrogens with one attached hydrogen (secondary N) is 1. The third kappa shape index (κ3) is 5.28. The second kappa shape index (κ2) is 10.2. The van der Waals surface area contributed by atoms with E-state index in [-0.39, 0.29) is 11.5 Å². The third-order valence-corrected chi connectivity index (χ3v) is 5.12. The number of nitrogens with zero attached hydrogens (tertiary/aromatic N) is 2. The van der Waals surface area contributed by atoms with Crippen molar-refractivity contribution in [3.63, 3.8) is 0 Å². The molecule has 0 aliphatic carbocycles. The molecule has 31 heavy (non-hydrogen) atoms. The van der Waals surface area contributed by atoms with Crippen LogP contribution in [0, 0.1) is 0 Å². The number of methoxy groups -OCH3 is 3. The lowest BCUT2D eigenvalue weighted by Crippen LogP contribution is -2.43. The largest absolute Gasteiger partial charge is 0.493 e. The van der Waals surface area contributed by atoms with Crippen LogP contribution in [-0.2, 0) is 19.5 Å². The number of hydrogen-bond acceptors (Lipinski definition) is 5. The Bertz CT molecular complexity index is 937. The maximum Gasteiger partial charge on any atom is 0.387 e. The lowest BCUT2D eigenvalue weighted by Gasteiger charge is -2.32. The summed E-state index contributed by atoms with van der Waals surface area (Å²) in [5, 5.41) is 3.29. The molecule has 2 aromatic rings. The Morgan fingerprint density at radius 1 is 1.00 bits per heavy atom. The molecule has 0 radical (unpaired) electrons. The zero-order valence-electron chi connectivity index (χ0n) is 18.1. The number of ether oxygens (including phenoxy) is 4. The Hall–Kier alpha value is -3.23. The molecule has 0 spiro atoms. The number of aliphatic imine (C=N–C) groups is 1. The topological polar surface area (TPSA) is 64.6 Å². The molecule has 1 aliphatic heterocycles. The van der Waals surface area contributed by atoms with Gasteiger partial charge in [-0.3, -0.25) is 4.99 Å². The van der Waals surface area contributed by atoms with E-state index in [0.717, 1.165) is 29.8 Å². The molecule has 0 bridgehead atoms. The third-order valence-electron chi connectivity index (χ3n) is 5.12. The van der Waals surface area contributed by atoms with Gasteiger partial charge in [0.2, 0.25) is 0 Å². The first-order valence-electron chi connectivity index (χ1n) is 9.80. The van der Waals surface area contributed by atoms with Crippen molar-refractivity contribution in [3.05, 3.63) is 47.0 Å². The molecule has 1 N–H and O–H groups in total. The van der Waals surface area contributed by atoms with Crippen molar-refractivity contribution >= 4 is 5.96 Å². The summed E-state index contributed by atoms with van der Waals surface area (Å²) >= 11 is 0. The number of fused-ring (bicyclic) bond motifs is 1. The summed E-state index contributed by atoms with van der Waals surface area (Å²) in [5.41, 5.74) is 3.12. The van der Waals surface area contributed by atoms with E-state index in [1.54, 1.807) is 33.4 Å². The van der Waals surface area contributed by atoms with Gasteiger partial charge >= 0.3 is 6.61 Å².